The minimum Gasteiger partial charge on any atom is -0.354 e. The first-order valence-electron chi connectivity index (χ1n) is 10.4. The Morgan fingerprint density at radius 3 is 2.29 bits per heavy atom. The first-order chi connectivity index (χ1) is 15.0. The van der Waals surface area contributed by atoms with Crippen LogP contribution in [0.15, 0.2) is 48.8 Å². The largest absolute Gasteiger partial charge is 0.354 e. The molecule has 3 heterocycles. The van der Waals surface area contributed by atoms with Gasteiger partial charge in [-0.25, -0.2) is 0 Å². The number of carbonyl (C=O) groups excluding carboxylic acids is 4. The van der Waals surface area contributed by atoms with Crippen molar-refractivity contribution in [3.05, 3.63) is 65.5 Å². The number of pyridine rings is 1. The topological polar surface area (TPSA) is 99.7 Å². The van der Waals surface area contributed by atoms with Gasteiger partial charge in [-0.05, 0) is 49.9 Å². The molecular weight excluding hydrogens is 396 g/mol. The predicted molar refractivity (Wildman–Crippen MR) is 112 cm³/mol. The summed E-state index contributed by atoms with van der Waals surface area (Å²) in [6, 6.07) is 9.20. The van der Waals surface area contributed by atoms with Gasteiger partial charge in [0.1, 0.15) is 6.04 Å². The summed E-state index contributed by atoms with van der Waals surface area (Å²) < 4.78 is 0. The molecule has 1 N–H and O–H groups in total. The lowest BCUT2D eigenvalue weighted by atomic mass is 9.96. The molecule has 0 saturated carbocycles. The Kier molecular flexibility index (Phi) is 5.79. The van der Waals surface area contributed by atoms with Crippen LogP contribution in [0.25, 0.3) is 0 Å². The van der Waals surface area contributed by atoms with Crippen LogP contribution in [0, 0.1) is 5.92 Å². The van der Waals surface area contributed by atoms with E-state index in [0.717, 1.165) is 17.7 Å². The molecule has 1 aromatic carbocycles. The van der Waals surface area contributed by atoms with Crippen LogP contribution in [0.4, 0.5) is 0 Å². The van der Waals surface area contributed by atoms with Crippen molar-refractivity contribution in [1.29, 1.82) is 0 Å². The van der Waals surface area contributed by atoms with E-state index in [0.29, 0.717) is 36.3 Å². The molecule has 8 nitrogen and oxygen atoms in total. The van der Waals surface area contributed by atoms with Gasteiger partial charge in [-0.1, -0.05) is 12.1 Å². The van der Waals surface area contributed by atoms with E-state index in [9.17, 15) is 19.2 Å². The number of nitrogens with one attached hydrogen (secondary N) is 1. The molecule has 160 valence electrons. The zero-order valence-corrected chi connectivity index (χ0v) is 17.3. The van der Waals surface area contributed by atoms with Crippen LogP contribution < -0.4 is 5.32 Å². The van der Waals surface area contributed by atoms with Gasteiger partial charge in [0.2, 0.25) is 5.91 Å². The molecule has 0 aliphatic carbocycles. The van der Waals surface area contributed by atoms with Gasteiger partial charge in [-0.3, -0.25) is 29.1 Å². The summed E-state index contributed by atoms with van der Waals surface area (Å²) >= 11 is 0. The average molecular weight is 420 g/mol. The summed E-state index contributed by atoms with van der Waals surface area (Å²) in [7, 11) is 0. The fourth-order valence-electron chi connectivity index (χ4n) is 4.08. The Balaban J connectivity index is 1.28. The van der Waals surface area contributed by atoms with E-state index in [-0.39, 0.29) is 17.7 Å². The van der Waals surface area contributed by atoms with Gasteiger partial charge >= 0.3 is 0 Å². The number of rotatable bonds is 5. The van der Waals surface area contributed by atoms with E-state index in [1.807, 2.05) is 0 Å². The van der Waals surface area contributed by atoms with E-state index >= 15 is 0 Å². The van der Waals surface area contributed by atoms with Crippen LogP contribution in [-0.4, -0.2) is 64.1 Å². The summed E-state index contributed by atoms with van der Waals surface area (Å²) in [6.07, 6.45) is 4.74. The molecule has 31 heavy (non-hydrogen) atoms. The lowest BCUT2D eigenvalue weighted by Gasteiger charge is -2.32. The van der Waals surface area contributed by atoms with Crippen molar-refractivity contribution in [2.24, 2.45) is 5.92 Å². The molecule has 1 saturated heterocycles. The Hall–Kier alpha value is -3.55. The Morgan fingerprint density at radius 2 is 1.71 bits per heavy atom. The van der Waals surface area contributed by atoms with Crippen molar-refractivity contribution in [1.82, 2.24) is 20.1 Å². The van der Waals surface area contributed by atoms with Crippen LogP contribution in [0.2, 0.25) is 0 Å². The summed E-state index contributed by atoms with van der Waals surface area (Å²) in [5.74, 6) is -1.04. The molecule has 1 fully saturated rings. The number of benzene rings is 1. The monoisotopic (exact) mass is 420 g/mol. The molecule has 2 aromatic rings. The van der Waals surface area contributed by atoms with E-state index in [1.54, 1.807) is 60.6 Å². The Labute approximate surface area is 180 Å². The van der Waals surface area contributed by atoms with Gasteiger partial charge < -0.3 is 10.2 Å². The maximum Gasteiger partial charge on any atom is 0.262 e. The maximum atomic E-state index is 12.6. The number of likely N-dealkylation sites (tertiary alicyclic amines) is 1. The molecule has 0 bridgehead atoms. The lowest BCUT2D eigenvalue weighted by molar-refractivity contribution is -0.124. The SMILES string of the molecule is CC(C(=O)NCC1CCN(C(=O)c2cccnc2)CC1)N1C(=O)c2ccccc2C1=O. The molecular formula is C23H24N4O4. The first kappa shape index (κ1) is 20.7. The number of hydrogen-bond donors (Lipinski definition) is 1. The van der Waals surface area contributed by atoms with Crippen molar-refractivity contribution < 1.29 is 19.2 Å². The van der Waals surface area contributed by atoms with Crippen molar-refractivity contribution in [2.75, 3.05) is 19.6 Å². The average Bonchev–Trinajstić information content (AvgIpc) is 3.07. The number of aromatic nitrogens is 1. The zero-order valence-electron chi connectivity index (χ0n) is 17.3. The van der Waals surface area contributed by atoms with Crippen molar-refractivity contribution >= 4 is 23.6 Å². The molecule has 8 heteroatoms. The van der Waals surface area contributed by atoms with Gasteiger partial charge in [0.15, 0.2) is 0 Å². The summed E-state index contributed by atoms with van der Waals surface area (Å²) in [6.45, 7) is 3.23. The summed E-state index contributed by atoms with van der Waals surface area (Å²) in [5.41, 5.74) is 1.24. The fourth-order valence-corrected chi connectivity index (χ4v) is 4.08. The quantitative estimate of drug-likeness (QED) is 0.743. The standard InChI is InChI=1S/C23H24N4O4/c1-15(27-22(30)18-6-2-3-7-19(18)23(27)31)20(28)25-13-16-8-11-26(12-9-16)21(29)17-5-4-10-24-14-17/h2-7,10,14-16H,8-9,11-13H2,1H3,(H,25,28). The van der Waals surface area contributed by atoms with Crippen molar-refractivity contribution in [3.8, 4) is 0 Å². The Bertz CT molecular complexity index is 980. The summed E-state index contributed by atoms with van der Waals surface area (Å²) in [5, 5.41) is 2.87. The highest BCUT2D eigenvalue weighted by Crippen LogP contribution is 2.24. The summed E-state index contributed by atoms with van der Waals surface area (Å²) in [4.78, 5) is 57.1. The third-order valence-electron chi connectivity index (χ3n) is 5.97. The van der Waals surface area contributed by atoms with Gasteiger partial charge in [-0.2, -0.15) is 0 Å². The minimum atomic E-state index is -0.889. The number of hydrogen-bond acceptors (Lipinski definition) is 5. The van der Waals surface area contributed by atoms with Gasteiger partial charge in [-0.15, -0.1) is 0 Å². The smallest absolute Gasteiger partial charge is 0.262 e. The number of nitrogens with zero attached hydrogens (tertiary/aromatic N) is 3. The van der Waals surface area contributed by atoms with Crippen molar-refractivity contribution in [3.63, 3.8) is 0 Å². The number of carbonyl (C=O) groups is 4. The molecule has 1 atom stereocenters. The molecule has 4 rings (SSSR count). The highest BCUT2D eigenvalue weighted by Gasteiger charge is 2.40. The van der Waals surface area contributed by atoms with Crippen LogP contribution >= 0.6 is 0 Å². The highest BCUT2D eigenvalue weighted by atomic mass is 16.2. The molecule has 1 unspecified atom stereocenters. The van der Waals surface area contributed by atoms with Gasteiger partial charge in [0, 0.05) is 32.0 Å². The van der Waals surface area contributed by atoms with E-state index in [1.165, 1.54) is 0 Å². The first-order valence-corrected chi connectivity index (χ1v) is 10.4. The number of fused-ring (bicyclic) bond motifs is 1. The molecule has 0 spiro atoms. The third-order valence-corrected chi connectivity index (χ3v) is 5.97. The maximum absolute atomic E-state index is 12.6. The minimum absolute atomic E-state index is 0.0326. The molecule has 1 aromatic heterocycles. The van der Waals surface area contributed by atoms with Crippen LogP contribution in [0.3, 0.4) is 0 Å². The normalized spacial score (nSPS) is 17.5. The third kappa shape index (κ3) is 4.05. The van der Waals surface area contributed by atoms with Gasteiger partial charge in [0.25, 0.3) is 17.7 Å². The zero-order chi connectivity index (χ0) is 22.0. The van der Waals surface area contributed by atoms with Crippen LogP contribution in [-0.2, 0) is 4.79 Å². The van der Waals surface area contributed by atoms with E-state index < -0.39 is 17.9 Å². The highest BCUT2D eigenvalue weighted by molar-refractivity contribution is 6.22. The number of piperidine rings is 1. The molecule has 0 radical (unpaired) electrons. The molecule has 2 aliphatic rings. The van der Waals surface area contributed by atoms with Crippen LogP contribution in [0.5, 0.6) is 0 Å². The molecule has 4 amide bonds. The van der Waals surface area contributed by atoms with Gasteiger partial charge in [0.05, 0.1) is 16.7 Å². The second-order valence-electron chi connectivity index (χ2n) is 7.92. The number of amides is 4. The Morgan fingerprint density at radius 1 is 1.06 bits per heavy atom. The van der Waals surface area contributed by atoms with E-state index in [4.69, 9.17) is 0 Å². The number of imide groups is 1. The lowest BCUT2D eigenvalue weighted by Crippen LogP contribution is -2.49. The second-order valence-corrected chi connectivity index (χ2v) is 7.92. The second kappa shape index (κ2) is 8.67. The predicted octanol–water partition coefficient (Wildman–Crippen LogP) is 1.73. The molecule has 2 aliphatic heterocycles. The van der Waals surface area contributed by atoms with Crippen molar-refractivity contribution in [2.45, 2.75) is 25.8 Å². The fraction of sp³-hybridized carbons (Fsp3) is 0.348. The van der Waals surface area contributed by atoms with Crippen LogP contribution in [0.1, 0.15) is 50.8 Å². The van der Waals surface area contributed by atoms with E-state index in [2.05, 4.69) is 10.3 Å².